The predicted molar refractivity (Wildman–Crippen MR) is 141 cm³/mol. The molecule has 0 radical (unpaired) electrons. The van der Waals surface area contributed by atoms with Crippen LogP contribution in [-0.4, -0.2) is 25.0 Å². The number of benzene rings is 3. The Balaban J connectivity index is 1.44. The number of nitrogen functional groups attached to an aromatic ring is 1. The molecule has 1 fully saturated rings. The zero-order chi connectivity index (χ0) is 24.8. The number of hydrogen-bond acceptors (Lipinski definition) is 4. The van der Waals surface area contributed by atoms with E-state index in [1.165, 1.54) is 50.8 Å². The molecular weight excluding hydrogens is 460 g/mol. The van der Waals surface area contributed by atoms with Gasteiger partial charge in [-0.05, 0) is 59.2 Å². The number of rotatable bonds is 7. The lowest BCUT2D eigenvalue weighted by molar-refractivity contribution is -0.142. The largest absolute Gasteiger partial charge is 0.467 e. The van der Waals surface area contributed by atoms with Gasteiger partial charge in [-0.15, -0.1) is 0 Å². The van der Waals surface area contributed by atoms with Gasteiger partial charge in [-0.2, -0.15) is 0 Å². The Bertz CT molecular complexity index is 1170. The summed E-state index contributed by atoms with van der Waals surface area (Å²) in [7, 11) is 1.30. The molecule has 1 aliphatic carbocycles. The van der Waals surface area contributed by atoms with Crippen molar-refractivity contribution in [3.63, 3.8) is 0 Å². The van der Waals surface area contributed by atoms with Crippen molar-refractivity contribution in [2.45, 2.75) is 50.5 Å². The second kappa shape index (κ2) is 11.4. The van der Waals surface area contributed by atoms with Crippen LogP contribution in [-0.2, 0) is 16.0 Å². The number of amides is 1. The highest BCUT2D eigenvalue weighted by Gasteiger charge is 2.24. The van der Waals surface area contributed by atoms with Gasteiger partial charge in [0.1, 0.15) is 6.04 Å². The van der Waals surface area contributed by atoms with E-state index in [1.807, 2.05) is 24.3 Å². The fraction of sp³-hybridized carbons (Fsp3) is 0.310. The average Bonchev–Trinajstić information content (AvgIpc) is 2.90. The quantitative estimate of drug-likeness (QED) is 0.307. The van der Waals surface area contributed by atoms with Gasteiger partial charge in [0.05, 0.1) is 12.7 Å². The van der Waals surface area contributed by atoms with Crippen LogP contribution in [0.5, 0.6) is 0 Å². The van der Waals surface area contributed by atoms with E-state index in [9.17, 15) is 9.59 Å². The van der Waals surface area contributed by atoms with Gasteiger partial charge in [-0.1, -0.05) is 79.4 Å². The standard InChI is InChI=1S/C29H31ClN2O3/c1-35-29(34)27(32-28(33)25-18-24(30)15-16-26(25)31)17-19-7-9-21(10-8-19)23-13-11-22(12-14-23)20-5-3-2-4-6-20/h7-16,18,20,27H,2-6,17,31H2,1H3,(H,32,33). The maximum Gasteiger partial charge on any atom is 0.328 e. The normalized spacial score (nSPS) is 14.8. The Labute approximate surface area is 211 Å². The van der Waals surface area contributed by atoms with Crippen LogP contribution >= 0.6 is 11.6 Å². The molecule has 4 rings (SSSR count). The summed E-state index contributed by atoms with van der Waals surface area (Å²) in [6.45, 7) is 0. The van der Waals surface area contributed by atoms with E-state index in [-0.39, 0.29) is 11.3 Å². The van der Waals surface area contributed by atoms with Crippen molar-refractivity contribution in [2.24, 2.45) is 0 Å². The van der Waals surface area contributed by atoms with Crippen molar-refractivity contribution in [3.8, 4) is 11.1 Å². The Hall–Kier alpha value is -3.31. The first-order chi connectivity index (χ1) is 16.9. The molecule has 0 saturated heterocycles. The van der Waals surface area contributed by atoms with Crippen LogP contribution < -0.4 is 11.1 Å². The van der Waals surface area contributed by atoms with Crippen LogP contribution in [0.1, 0.15) is 59.5 Å². The third kappa shape index (κ3) is 6.23. The molecule has 0 spiro atoms. The Morgan fingerprint density at radius 1 is 0.971 bits per heavy atom. The van der Waals surface area contributed by atoms with Gasteiger partial charge in [-0.25, -0.2) is 4.79 Å². The van der Waals surface area contributed by atoms with Crippen LogP contribution in [0.15, 0.2) is 66.7 Å². The van der Waals surface area contributed by atoms with E-state index in [1.54, 1.807) is 12.1 Å². The summed E-state index contributed by atoms with van der Waals surface area (Å²) in [5.74, 6) is -0.315. The molecule has 0 heterocycles. The summed E-state index contributed by atoms with van der Waals surface area (Å²) in [4.78, 5) is 25.2. The number of halogens is 1. The average molecular weight is 491 g/mol. The lowest BCUT2D eigenvalue weighted by Gasteiger charge is -2.22. The van der Waals surface area contributed by atoms with Crippen molar-refractivity contribution in [1.82, 2.24) is 5.32 Å². The van der Waals surface area contributed by atoms with Gasteiger partial charge in [0.15, 0.2) is 0 Å². The van der Waals surface area contributed by atoms with Crippen molar-refractivity contribution >= 4 is 29.2 Å². The molecule has 1 amide bonds. The van der Waals surface area contributed by atoms with Crippen molar-refractivity contribution < 1.29 is 14.3 Å². The summed E-state index contributed by atoms with van der Waals surface area (Å²) in [5, 5.41) is 3.12. The Morgan fingerprint density at radius 3 is 2.23 bits per heavy atom. The maximum atomic E-state index is 12.8. The molecule has 0 aliphatic heterocycles. The molecule has 6 heteroatoms. The predicted octanol–water partition coefficient (Wildman–Crippen LogP) is 6.15. The van der Waals surface area contributed by atoms with Gasteiger partial charge < -0.3 is 15.8 Å². The summed E-state index contributed by atoms with van der Waals surface area (Å²) in [6, 6.07) is 20.7. The number of nitrogens with two attached hydrogens (primary N) is 1. The zero-order valence-corrected chi connectivity index (χ0v) is 20.7. The van der Waals surface area contributed by atoms with Gasteiger partial charge in [0.2, 0.25) is 0 Å². The molecule has 1 unspecified atom stereocenters. The molecular formula is C29H31ClN2O3. The second-order valence-corrected chi connectivity index (χ2v) is 9.58. The van der Waals surface area contributed by atoms with E-state index in [0.717, 1.165) is 16.7 Å². The molecule has 1 atom stereocenters. The SMILES string of the molecule is COC(=O)C(Cc1ccc(-c2ccc(C3CCCCC3)cc2)cc1)NC(=O)c1cc(Cl)ccc1N. The Kier molecular flexibility index (Phi) is 8.09. The highest BCUT2D eigenvalue weighted by molar-refractivity contribution is 6.31. The molecule has 0 bridgehead atoms. The van der Waals surface area contributed by atoms with E-state index in [0.29, 0.717) is 17.4 Å². The first-order valence-corrected chi connectivity index (χ1v) is 12.5. The molecule has 3 aromatic rings. The summed E-state index contributed by atoms with van der Waals surface area (Å²) >= 11 is 6.00. The molecule has 1 aliphatic rings. The number of esters is 1. The minimum Gasteiger partial charge on any atom is -0.467 e. The summed E-state index contributed by atoms with van der Waals surface area (Å²) < 4.78 is 4.92. The summed E-state index contributed by atoms with van der Waals surface area (Å²) in [5.41, 5.74) is 11.0. The molecule has 5 nitrogen and oxygen atoms in total. The number of hydrogen-bond donors (Lipinski definition) is 2. The van der Waals surface area contributed by atoms with Crippen LogP contribution in [0.25, 0.3) is 11.1 Å². The minimum atomic E-state index is -0.855. The van der Waals surface area contributed by atoms with Gasteiger partial charge in [-0.3, -0.25) is 4.79 Å². The minimum absolute atomic E-state index is 0.221. The van der Waals surface area contributed by atoms with Crippen molar-refractivity contribution in [1.29, 1.82) is 0 Å². The van der Waals surface area contributed by atoms with Gasteiger partial charge in [0, 0.05) is 17.1 Å². The topological polar surface area (TPSA) is 81.4 Å². The number of nitrogens with one attached hydrogen (secondary N) is 1. The third-order valence-corrected chi connectivity index (χ3v) is 7.00. The number of carbonyl (C=O) groups excluding carboxylic acids is 2. The van der Waals surface area contributed by atoms with Crippen molar-refractivity contribution in [2.75, 3.05) is 12.8 Å². The van der Waals surface area contributed by atoms with Crippen LogP contribution in [0.2, 0.25) is 5.02 Å². The fourth-order valence-corrected chi connectivity index (χ4v) is 4.92. The number of methoxy groups -OCH3 is 1. The number of ether oxygens (including phenoxy) is 1. The second-order valence-electron chi connectivity index (χ2n) is 9.14. The molecule has 182 valence electrons. The molecule has 1 saturated carbocycles. The molecule has 0 aromatic heterocycles. The van der Waals surface area contributed by atoms with Crippen LogP contribution in [0.3, 0.4) is 0 Å². The monoisotopic (exact) mass is 490 g/mol. The van der Waals surface area contributed by atoms with Crippen molar-refractivity contribution in [3.05, 3.63) is 88.4 Å². The smallest absolute Gasteiger partial charge is 0.328 e. The number of carbonyl (C=O) groups is 2. The van der Waals surface area contributed by atoms with E-state index < -0.39 is 17.9 Å². The van der Waals surface area contributed by atoms with Gasteiger partial charge in [0.25, 0.3) is 5.91 Å². The molecule has 3 N–H and O–H groups in total. The lowest BCUT2D eigenvalue weighted by atomic mass is 9.83. The van der Waals surface area contributed by atoms with E-state index in [4.69, 9.17) is 22.1 Å². The first kappa shape index (κ1) is 24.8. The van der Waals surface area contributed by atoms with Gasteiger partial charge >= 0.3 is 5.97 Å². The number of anilines is 1. The van der Waals surface area contributed by atoms with Crippen LogP contribution in [0, 0.1) is 0 Å². The third-order valence-electron chi connectivity index (χ3n) is 6.77. The Morgan fingerprint density at radius 2 is 1.60 bits per heavy atom. The highest BCUT2D eigenvalue weighted by Crippen LogP contribution is 2.33. The van der Waals surface area contributed by atoms with E-state index in [2.05, 4.69) is 29.6 Å². The lowest BCUT2D eigenvalue weighted by Crippen LogP contribution is -2.43. The zero-order valence-electron chi connectivity index (χ0n) is 19.9. The maximum absolute atomic E-state index is 12.8. The van der Waals surface area contributed by atoms with E-state index >= 15 is 0 Å². The molecule has 35 heavy (non-hydrogen) atoms. The molecule has 3 aromatic carbocycles. The fourth-order valence-electron chi connectivity index (χ4n) is 4.75. The summed E-state index contributed by atoms with van der Waals surface area (Å²) in [6.07, 6.45) is 6.88. The first-order valence-electron chi connectivity index (χ1n) is 12.1. The highest BCUT2D eigenvalue weighted by atomic mass is 35.5. The van der Waals surface area contributed by atoms with Crippen LogP contribution in [0.4, 0.5) is 5.69 Å².